The van der Waals surface area contributed by atoms with E-state index in [4.69, 9.17) is 4.74 Å². The van der Waals surface area contributed by atoms with Crippen LogP contribution in [0.5, 0.6) is 0 Å². The van der Waals surface area contributed by atoms with E-state index < -0.39 is 6.10 Å². The predicted molar refractivity (Wildman–Crippen MR) is 52.9 cm³/mol. The number of cyclic esters (lactones) is 1. The average molecular weight is 212 g/mol. The van der Waals surface area contributed by atoms with E-state index in [0.29, 0.717) is 6.42 Å². The zero-order valence-corrected chi connectivity index (χ0v) is 8.66. The SMILES string of the molecule is CC1CC(C(O)c2cccs2)C(=O)O1. The van der Waals surface area contributed by atoms with Crippen molar-refractivity contribution in [2.24, 2.45) is 5.92 Å². The Bertz CT molecular complexity index is 320. The number of carbonyl (C=O) groups is 1. The van der Waals surface area contributed by atoms with Crippen LogP contribution in [0, 0.1) is 5.92 Å². The highest BCUT2D eigenvalue weighted by Gasteiger charge is 2.38. The molecule has 0 bridgehead atoms. The Kier molecular flexibility index (Phi) is 2.56. The van der Waals surface area contributed by atoms with Gasteiger partial charge in [0.15, 0.2) is 0 Å². The van der Waals surface area contributed by atoms with Gasteiger partial charge >= 0.3 is 5.97 Å². The summed E-state index contributed by atoms with van der Waals surface area (Å²) < 4.78 is 5.00. The zero-order chi connectivity index (χ0) is 10.1. The first kappa shape index (κ1) is 9.68. The summed E-state index contributed by atoms with van der Waals surface area (Å²) in [6.07, 6.45) is -0.160. The maximum atomic E-state index is 11.3. The Morgan fingerprint density at radius 1 is 1.71 bits per heavy atom. The quantitative estimate of drug-likeness (QED) is 0.759. The molecule has 3 unspecified atom stereocenters. The van der Waals surface area contributed by atoms with Gasteiger partial charge in [0.05, 0.1) is 12.0 Å². The molecule has 1 aromatic rings. The van der Waals surface area contributed by atoms with E-state index in [9.17, 15) is 9.90 Å². The molecule has 0 amide bonds. The fourth-order valence-corrected chi connectivity index (χ4v) is 2.48. The van der Waals surface area contributed by atoms with E-state index in [2.05, 4.69) is 0 Å². The van der Waals surface area contributed by atoms with Crippen molar-refractivity contribution in [3.05, 3.63) is 22.4 Å². The van der Waals surface area contributed by atoms with Gasteiger partial charge < -0.3 is 9.84 Å². The highest BCUT2D eigenvalue weighted by atomic mass is 32.1. The minimum absolute atomic E-state index is 0.0675. The van der Waals surface area contributed by atoms with Crippen molar-refractivity contribution in [2.45, 2.75) is 25.6 Å². The number of esters is 1. The fraction of sp³-hybridized carbons (Fsp3) is 0.500. The van der Waals surface area contributed by atoms with Crippen LogP contribution in [-0.4, -0.2) is 17.2 Å². The molecule has 1 aromatic heterocycles. The second-order valence-corrected chi connectivity index (χ2v) is 4.53. The second kappa shape index (κ2) is 3.71. The lowest BCUT2D eigenvalue weighted by molar-refractivity contribution is -0.146. The summed E-state index contributed by atoms with van der Waals surface area (Å²) in [4.78, 5) is 12.2. The molecule has 3 atom stereocenters. The second-order valence-electron chi connectivity index (χ2n) is 3.55. The summed E-state index contributed by atoms with van der Waals surface area (Å²) in [5, 5.41) is 11.8. The molecule has 76 valence electrons. The number of carbonyl (C=O) groups excluding carboxylic acids is 1. The first-order valence-corrected chi connectivity index (χ1v) is 5.48. The smallest absolute Gasteiger partial charge is 0.312 e. The molecule has 1 fully saturated rings. The van der Waals surface area contributed by atoms with Gasteiger partial charge in [-0.3, -0.25) is 4.79 Å². The van der Waals surface area contributed by atoms with E-state index in [0.717, 1.165) is 4.88 Å². The number of thiophene rings is 1. The van der Waals surface area contributed by atoms with E-state index in [1.807, 2.05) is 24.4 Å². The molecule has 0 spiro atoms. The van der Waals surface area contributed by atoms with Crippen molar-refractivity contribution in [2.75, 3.05) is 0 Å². The van der Waals surface area contributed by atoms with Crippen LogP contribution in [0.15, 0.2) is 17.5 Å². The normalized spacial score (nSPS) is 28.9. The van der Waals surface area contributed by atoms with Gasteiger partial charge in [-0.05, 0) is 18.4 Å². The van der Waals surface area contributed by atoms with Crippen molar-refractivity contribution in [1.29, 1.82) is 0 Å². The van der Waals surface area contributed by atoms with Crippen LogP contribution in [0.25, 0.3) is 0 Å². The lowest BCUT2D eigenvalue weighted by Crippen LogP contribution is -2.16. The molecular weight excluding hydrogens is 200 g/mol. The average Bonchev–Trinajstić information content (AvgIpc) is 2.73. The minimum Gasteiger partial charge on any atom is -0.462 e. The van der Waals surface area contributed by atoms with Gasteiger partial charge in [-0.15, -0.1) is 11.3 Å². The third kappa shape index (κ3) is 1.67. The van der Waals surface area contributed by atoms with Crippen molar-refractivity contribution in [3.8, 4) is 0 Å². The lowest BCUT2D eigenvalue weighted by atomic mass is 9.98. The summed E-state index contributed by atoms with van der Waals surface area (Å²) >= 11 is 1.46. The van der Waals surface area contributed by atoms with Crippen molar-refractivity contribution in [1.82, 2.24) is 0 Å². The molecule has 1 saturated heterocycles. The Hall–Kier alpha value is -0.870. The largest absolute Gasteiger partial charge is 0.462 e. The number of hydrogen-bond acceptors (Lipinski definition) is 4. The lowest BCUT2D eigenvalue weighted by Gasteiger charge is -2.12. The molecule has 2 heterocycles. The molecular formula is C10H12O3S. The molecule has 1 aliphatic rings. The van der Waals surface area contributed by atoms with Crippen LogP contribution in [0.4, 0.5) is 0 Å². The van der Waals surface area contributed by atoms with E-state index >= 15 is 0 Å². The molecule has 0 aromatic carbocycles. The van der Waals surface area contributed by atoms with E-state index in [1.54, 1.807) is 0 Å². The van der Waals surface area contributed by atoms with Crippen molar-refractivity contribution < 1.29 is 14.6 Å². The molecule has 14 heavy (non-hydrogen) atoms. The van der Waals surface area contributed by atoms with Gasteiger partial charge in [0, 0.05) is 11.3 Å². The molecule has 1 aliphatic heterocycles. The third-order valence-corrected chi connectivity index (χ3v) is 3.36. The predicted octanol–water partition coefficient (Wildman–Crippen LogP) is 1.73. The topological polar surface area (TPSA) is 46.5 Å². The molecule has 3 nitrogen and oxygen atoms in total. The Morgan fingerprint density at radius 3 is 3.00 bits per heavy atom. The monoisotopic (exact) mass is 212 g/mol. The molecule has 0 radical (unpaired) electrons. The van der Waals surface area contributed by atoms with E-state index in [-0.39, 0.29) is 18.0 Å². The van der Waals surface area contributed by atoms with Crippen LogP contribution in [0.1, 0.15) is 24.3 Å². The molecule has 0 saturated carbocycles. The first-order valence-electron chi connectivity index (χ1n) is 4.60. The Labute approximate surface area is 86.3 Å². The number of aliphatic hydroxyl groups is 1. The van der Waals surface area contributed by atoms with Gasteiger partial charge in [0.2, 0.25) is 0 Å². The Morgan fingerprint density at radius 2 is 2.50 bits per heavy atom. The summed E-state index contributed by atoms with van der Waals surface area (Å²) in [5.74, 6) is -0.665. The van der Waals surface area contributed by atoms with E-state index in [1.165, 1.54) is 11.3 Å². The zero-order valence-electron chi connectivity index (χ0n) is 7.84. The number of rotatable bonds is 2. The summed E-state index contributed by atoms with van der Waals surface area (Å²) in [5.41, 5.74) is 0. The summed E-state index contributed by atoms with van der Waals surface area (Å²) in [6, 6.07) is 3.71. The number of hydrogen-bond donors (Lipinski definition) is 1. The van der Waals surface area contributed by atoms with Gasteiger partial charge in [-0.25, -0.2) is 0 Å². The summed E-state index contributed by atoms with van der Waals surface area (Å²) in [6.45, 7) is 1.85. The maximum absolute atomic E-state index is 11.3. The summed E-state index contributed by atoms with van der Waals surface area (Å²) in [7, 11) is 0. The van der Waals surface area contributed by atoms with Crippen molar-refractivity contribution in [3.63, 3.8) is 0 Å². The minimum atomic E-state index is -0.701. The van der Waals surface area contributed by atoms with Crippen LogP contribution in [0.3, 0.4) is 0 Å². The van der Waals surface area contributed by atoms with Gasteiger partial charge in [0.1, 0.15) is 6.10 Å². The number of aliphatic hydroxyl groups excluding tert-OH is 1. The molecule has 2 rings (SSSR count). The molecule has 1 N–H and O–H groups in total. The highest BCUT2D eigenvalue weighted by Crippen LogP contribution is 2.34. The van der Waals surface area contributed by atoms with Crippen LogP contribution in [0.2, 0.25) is 0 Å². The Balaban J connectivity index is 2.12. The van der Waals surface area contributed by atoms with Crippen LogP contribution >= 0.6 is 11.3 Å². The van der Waals surface area contributed by atoms with Crippen LogP contribution in [-0.2, 0) is 9.53 Å². The fourth-order valence-electron chi connectivity index (χ4n) is 1.70. The maximum Gasteiger partial charge on any atom is 0.312 e. The van der Waals surface area contributed by atoms with Gasteiger partial charge in [0.25, 0.3) is 0 Å². The third-order valence-electron chi connectivity index (χ3n) is 2.42. The highest BCUT2D eigenvalue weighted by molar-refractivity contribution is 7.10. The van der Waals surface area contributed by atoms with Crippen LogP contribution < -0.4 is 0 Å². The van der Waals surface area contributed by atoms with Gasteiger partial charge in [-0.1, -0.05) is 6.07 Å². The number of ether oxygens (including phenoxy) is 1. The van der Waals surface area contributed by atoms with Crippen molar-refractivity contribution >= 4 is 17.3 Å². The molecule has 0 aliphatic carbocycles. The molecule has 4 heteroatoms. The first-order chi connectivity index (χ1) is 6.68. The van der Waals surface area contributed by atoms with Gasteiger partial charge in [-0.2, -0.15) is 0 Å². The standard InChI is InChI=1S/C10H12O3S/c1-6-5-7(10(12)13-6)9(11)8-3-2-4-14-8/h2-4,6-7,9,11H,5H2,1H3.